The second-order valence-corrected chi connectivity index (χ2v) is 9.99. The fourth-order valence-corrected chi connectivity index (χ4v) is 4.90. The van der Waals surface area contributed by atoms with E-state index in [4.69, 9.17) is 8.92 Å². The Labute approximate surface area is 217 Å². The smallest absolute Gasteiger partial charge is 0.339 e. The number of carbonyl (C=O) groups is 1. The maximum atomic E-state index is 12.8. The number of benzene rings is 3. The van der Waals surface area contributed by atoms with Crippen LogP contribution in [0.3, 0.4) is 0 Å². The van der Waals surface area contributed by atoms with Crippen LogP contribution in [-0.2, 0) is 10.1 Å². The van der Waals surface area contributed by atoms with Gasteiger partial charge in [-0.3, -0.25) is 14.9 Å². The van der Waals surface area contributed by atoms with Gasteiger partial charge in [-0.25, -0.2) is 5.43 Å². The molecule has 0 saturated heterocycles. The zero-order valence-electron chi connectivity index (χ0n) is 18.0. The van der Waals surface area contributed by atoms with Gasteiger partial charge in [-0.1, -0.05) is 18.2 Å². The standard InChI is InChI=1S/C22H17Br2N3O7S/c1-2-33-20-11-14(13-25-26-22(28)17-8-3-4-9-18(17)23)10-19(24)21(20)34-35(31,32)16-7-5-6-15(12-16)27(29)30/h3-13H,2H2,1H3,(H,26,28)/b25-13-. The van der Waals surface area contributed by atoms with Crippen LogP contribution in [0.1, 0.15) is 22.8 Å². The number of nitrogens with zero attached hydrogens (tertiary/aromatic N) is 2. The Morgan fingerprint density at radius 2 is 1.86 bits per heavy atom. The summed E-state index contributed by atoms with van der Waals surface area (Å²) in [4.78, 5) is 22.2. The van der Waals surface area contributed by atoms with Gasteiger partial charge in [-0.2, -0.15) is 13.5 Å². The quantitative estimate of drug-likeness (QED) is 0.152. The minimum atomic E-state index is -4.42. The lowest BCUT2D eigenvalue weighted by Crippen LogP contribution is -2.18. The molecule has 0 aromatic heterocycles. The van der Waals surface area contributed by atoms with Crippen LogP contribution >= 0.6 is 31.9 Å². The molecule has 0 atom stereocenters. The molecule has 13 heteroatoms. The van der Waals surface area contributed by atoms with Crippen molar-refractivity contribution in [3.63, 3.8) is 0 Å². The summed E-state index contributed by atoms with van der Waals surface area (Å²) in [7, 11) is -4.42. The lowest BCUT2D eigenvalue weighted by Gasteiger charge is -2.14. The molecule has 0 aliphatic heterocycles. The van der Waals surface area contributed by atoms with Crippen LogP contribution in [0.4, 0.5) is 5.69 Å². The van der Waals surface area contributed by atoms with E-state index in [1.807, 2.05) is 0 Å². The van der Waals surface area contributed by atoms with Crippen LogP contribution in [0.25, 0.3) is 0 Å². The number of halogens is 2. The highest BCUT2D eigenvalue weighted by atomic mass is 79.9. The van der Waals surface area contributed by atoms with Gasteiger partial charge in [0.1, 0.15) is 4.90 Å². The minimum absolute atomic E-state index is 0.0782. The lowest BCUT2D eigenvalue weighted by molar-refractivity contribution is -0.385. The van der Waals surface area contributed by atoms with Crippen molar-refractivity contribution >= 4 is 59.8 Å². The van der Waals surface area contributed by atoms with Gasteiger partial charge < -0.3 is 8.92 Å². The van der Waals surface area contributed by atoms with E-state index in [2.05, 4.69) is 42.4 Å². The number of hydrogen-bond acceptors (Lipinski definition) is 8. The second-order valence-electron chi connectivity index (χ2n) is 6.73. The van der Waals surface area contributed by atoms with Crippen LogP contribution in [0, 0.1) is 10.1 Å². The molecule has 0 fully saturated rings. The number of ether oxygens (including phenoxy) is 1. The van der Waals surface area contributed by atoms with Gasteiger partial charge in [0.25, 0.3) is 11.6 Å². The number of hydrogen-bond donors (Lipinski definition) is 1. The molecule has 3 rings (SSSR count). The summed E-state index contributed by atoms with van der Waals surface area (Å²) in [6.45, 7) is 1.89. The Balaban J connectivity index is 1.86. The first kappa shape index (κ1) is 26.3. The Hall–Kier alpha value is -3.29. The number of carbonyl (C=O) groups excluding carboxylic acids is 1. The molecule has 10 nitrogen and oxygen atoms in total. The van der Waals surface area contributed by atoms with Crippen molar-refractivity contribution in [1.29, 1.82) is 0 Å². The molecule has 3 aromatic rings. The van der Waals surface area contributed by atoms with E-state index in [0.29, 0.717) is 15.6 Å². The highest BCUT2D eigenvalue weighted by Crippen LogP contribution is 2.38. The first-order valence-corrected chi connectivity index (χ1v) is 12.8. The Morgan fingerprint density at radius 3 is 2.54 bits per heavy atom. The second kappa shape index (κ2) is 11.4. The van der Waals surface area contributed by atoms with Gasteiger partial charge in [-0.05, 0) is 74.7 Å². The van der Waals surface area contributed by atoms with Crippen molar-refractivity contribution in [3.05, 3.63) is 90.9 Å². The third-order valence-corrected chi connectivity index (χ3v) is 6.84. The molecule has 0 aliphatic carbocycles. The average Bonchev–Trinajstić information content (AvgIpc) is 2.81. The monoisotopic (exact) mass is 625 g/mol. The zero-order valence-corrected chi connectivity index (χ0v) is 22.0. The summed E-state index contributed by atoms with van der Waals surface area (Å²) in [5, 5.41) is 14.9. The van der Waals surface area contributed by atoms with E-state index in [1.165, 1.54) is 36.5 Å². The first-order chi connectivity index (χ1) is 16.6. The number of hydrazone groups is 1. The van der Waals surface area contributed by atoms with Gasteiger partial charge in [0.05, 0.1) is 27.8 Å². The molecule has 0 bridgehead atoms. The van der Waals surface area contributed by atoms with E-state index in [1.54, 1.807) is 31.2 Å². The molecule has 0 aliphatic rings. The van der Waals surface area contributed by atoms with E-state index < -0.39 is 26.6 Å². The predicted molar refractivity (Wildman–Crippen MR) is 135 cm³/mol. The zero-order chi connectivity index (χ0) is 25.6. The van der Waals surface area contributed by atoms with Gasteiger partial charge >= 0.3 is 10.1 Å². The highest BCUT2D eigenvalue weighted by Gasteiger charge is 2.24. The van der Waals surface area contributed by atoms with Crippen LogP contribution in [0.5, 0.6) is 11.5 Å². The summed E-state index contributed by atoms with van der Waals surface area (Å²) in [6, 6.07) is 14.3. The number of non-ortho nitro benzene ring substituents is 1. The van der Waals surface area contributed by atoms with Crippen LogP contribution in [0.15, 0.2) is 79.6 Å². The third-order valence-electron chi connectivity index (χ3n) is 4.34. The molecular formula is C22H17Br2N3O7S. The van der Waals surface area contributed by atoms with E-state index in [0.717, 1.165) is 6.07 Å². The Bertz CT molecular complexity index is 1410. The molecule has 0 unspecified atom stereocenters. The Kier molecular flexibility index (Phi) is 8.59. The van der Waals surface area contributed by atoms with E-state index in [9.17, 15) is 23.3 Å². The van der Waals surface area contributed by atoms with Gasteiger partial charge in [0, 0.05) is 16.6 Å². The largest absolute Gasteiger partial charge is 0.490 e. The van der Waals surface area contributed by atoms with Crippen molar-refractivity contribution in [1.82, 2.24) is 5.43 Å². The number of nitro benzene ring substituents is 1. The van der Waals surface area contributed by atoms with Gasteiger partial charge in [-0.15, -0.1) is 0 Å². The van der Waals surface area contributed by atoms with Crippen LogP contribution < -0.4 is 14.3 Å². The molecule has 35 heavy (non-hydrogen) atoms. The normalized spacial score (nSPS) is 11.3. The lowest BCUT2D eigenvalue weighted by atomic mass is 10.2. The van der Waals surface area contributed by atoms with Crippen molar-refractivity contribution < 1.29 is 27.1 Å². The molecule has 0 spiro atoms. The summed E-state index contributed by atoms with van der Waals surface area (Å²) < 4.78 is 37.2. The molecule has 3 aromatic carbocycles. The molecule has 0 saturated carbocycles. The highest BCUT2D eigenvalue weighted by molar-refractivity contribution is 9.10. The maximum absolute atomic E-state index is 12.8. The average molecular weight is 627 g/mol. The summed E-state index contributed by atoms with van der Waals surface area (Å²) in [6.07, 6.45) is 1.35. The SMILES string of the molecule is CCOc1cc(/C=N\NC(=O)c2ccccc2Br)cc(Br)c1OS(=O)(=O)c1cccc([N+](=O)[O-])c1. The topological polar surface area (TPSA) is 137 Å². The number of nitrogens with one attached hydrogen (secondary N) is 1. The van der Waals surface area contributed by atoms with E-state index in [-0.39, 0.29) is 27.5 Å². The van der Waals surface area contributed by atoms with Crippen molar-refractivity contribution in [2.45, 2.75) is 11.8 Å². The number of rotatable bonds is 9. The molecule has 1 N–H and O–H groups in total. The predicted octanol–water partition coefficient (Wildman–Crippen LogP) is 5.05. The molecule has 0 radical (unpaired) electrons. The van der Waals surface area contributed by atoms with E-state index >= 15 is 0 Å². The summed E-state index contributed by atoms with van der Waals surface area (Å²) in [5.41, 5.74) is 2.88. The van der Waals surface area contributed by atoms with Crippen molar-refractivity contribution in [3.8, 4) is 11.5 Å². The Morgan fingerprint density at radius 1 is 1.11 bits per heavy atom. The fraction of sp³-hybridized carbons (Fsp3) is 0.0909. The fourth-order valence-electron chi connectivity index (χ4n) is 2.79. The molecule has 182 valence electrons. The van der Waals surface area contributed by atoms with Gasteiger partial charge in [0.15, 0.2) is 11.5 Å². The first-order valence-electron chi connectivity index (χ1n) is 9.85. The number of nitro groups is 1. The summed E-state index contributed by atoms with van der Waals surface area (Å²) in [5.74, 6) is -0.497. The van der Waals surface area contributed by atoms with Crippen molar-refractivity contribution in [2.24, 2.45) is 5.10 Å². The molecular weight excluding hydrogens is 610 g/mol. The molecule has 1 amide bonds. The minimum Gasteiger partial charge on any atom is -0.490 e. The van der Waals surface area contributed by atoms with Crippen molar-refractivity contribution in [2.75, 3.05) is 6.61 Å². The van der Waals surface area contributed by atoms with Crippen LogP contribution in [0.2, 0.25) is 0 Å². The summed E-state index contributed by atoms with van der Waals surface area (Å²) >= 11 is 6.56. The maximum Gasteiger partial charge on any atom is 0.339 e. The number of amides is 1. The molecule has 0 heterocycles. The van der Waals surface area contributed by atoms with Gasteiger partial charge in [0.2, 0.25) is 0 Å². The third kappa shape index (κ3) is 6.65. The van der Waals surface area contributed by atoms with Crippen LogP contribution in [-0.4, -0.2) is 32.1 Å².